The summed E-state index contributed by atoms with van der Waals surface area (Å²) in [7, 11) is -3.00. The van der Waals surface area contributed by atoms with E-state index < -0.39 is 13.9 Å². The van der Waals surface area contributed by atoms with Gasteiger partial charge < -0.3 is 34.6 Å². The average Bonchev–Trinajstić information content (AvgIpc) is 2.75. The number of amides is 1. The van der Waals surface area contributed by atoms with Gasteiger partial charge in [0.1, 0.15) is 6.10 Å². The first kappa shape index (κ1) is 24.7. The molecule has 0 aromatic carbocycles. The fraction of sp³-hybridized carbons (Fsp3) is 0.450. The number of carbonyl (C=O) groups is 1. The molecule has 3 rings (SSSR count). The van der Waals surface area contributed by atoms with E-state index >= 15 is 0 Å². The number of hydrogen-bond donors (Lipinski definition) is 4. The summed E-state index contributed by atoms with van der Waals surface area (Å²) in [5, 5.41) is 12.3. The molecule has 4 N–H and O–H groups in total. The fourth-order valence-electron chi connectivity index (χ4n) is 3.44. The first-order valence-corrected chi connectivity index (χ1v) is 11.8. The molecule has 0 radical (unpaired) electrons. The molecular formula is C20H27N4O8P. The first-order valence-electron chi connectivity index (χ1n) is 10.3. The number of piperidine rings is 1. The summed E-state index contributed by atoms with van der Waals surface area (Å²) >= 11 is 0. The number of anilines is 2. The van der Waals surface area contributed by atoms with Crippen molar-refractivity contribution in [3.63, 3.8) is 0 Å². The number of rotatable bonds is 9. The lowest BCUT2D eigenvalue weighted by Crippen LogP contribution is -2.41. The summed E-state index contributed by atoms with van der Waals surface area (Å²) in [6.45, 7) is 2.46. The Morgan fingerprint density at radius 1 is 1.27 bits per heavy atom. The Bertz CT molecular complexity index is 1020. The summed E-state index contributed by atoms with van der Waals surface area (Å²) in [6.07, 6.45) is 1.93. The van der Waals surface area contributed by atoms with E-state index in [9.17, 15) is 9.36 Å². The molecule has 3 heterocycles. The molecule has 2 aromatic rings. The number of phosphoric ester groups is 1. The van der Waals surface area contributed by atoms with Crippen LogP contribution in [0.5, 0.6) is 11.5 Å². The summed E-state index contributed by atoms with van der Waals surface area (Å²) in [5.74, 6) is 1.35. The third-order valence-electron chi connectivity index (χ3n) is 5.09. The van der Waals surface area contributed by atoms with E-state index in [-0.39, 0.29) is 19.1 Å². The quantitative estimate of drug-likeness (QED) is 0.389. The van der Waals surface area contributed by atoms with Crippen molar-refractivity contribution in [1.29, 1.82) is 0 Å². The van der Waals surface area contributed by atoms with Crippen molar-refractivity contribution in [2.45, 2.75) is 32.3 Å². The average molecular weight is 482 g/mol. The van der Waals surface area contributed by atoms with Crippen LogP contribution in [0.25, 0.3) is 0 Å². The molecule has 1 aliphatic heterocycles. The maximum Gasteiger partial charge on any atom is 0.469 e. The predicted octanol–water partition coefficient (Wildman–Crippen LogP) is 2.71. The maximum absolute atomic E-state index is 11.1. The zero-order chi connectivity index (χ0) is 24.0. The van der Waals surface area contributed by atoms with Crippen LogP contribution in [0.2, 0.25) is 0 Å². The lowest BCUT2D eigenvalue weighted by Gasteiger charge is -2.30. The summed E-state index contributed by atoms with van der Waals surface area (Å²) in [5.41, 5.74) is 1.95. The minimum Gasteiger partial charge on any atom is -0.490 e. The molecule has 13 heteroatoms. The normalized spacial score (nSPS) is 14.7. The summed E-state index contributed by atoms with van der Waals surface area (Å²) in [4.78, 5) is 38.8. The van der Waals surface area contributed by atoms with Gasteiger partial charge in [-0.2, -0.15) is 0 Å². The van der Waals surface area contributed by atoms with Gasteiger partial charge in [0.25, 0.3) is 0 Å². The molecule has 33 heavy (non-hydrogen) atoms. The number of hydrogen-bond acceptors (Lipinski definition) is 8. The Labute approximate surface area is 190 Å². The van der Waals surface area contributed by atoms with Crippen molar-refractivity contribution < 1.29 is 38.3 Å². The van der Waals surface area contributed by atoms with Gasteiger partial charge in [0.15, 0.2) is 11.6 Å². The van der Waals surface area contributed by atoms with Gasteiger partial charge in [0, 0.05) is 50.3 Å². The highest BCUT2D eigenvalue weighted by Gasteiger charge is 2.25. The van der Waals surface area contributed by atoms with Crippen LogP contribution in [0.4, 0.5) is 16.3 Å². The maximum atomic E-state index is 11.1. The smallest absolute Gasteiger partial charge is 0.469 e. The highest BCUT2D eigenvalue weighted by molar-refractivity contribution is 7.46. The number of nitrogens with zero attached hydrogens (tertiary/aromatic N) is 3. The molecule has 180 valence electrons. The van der Waals surface area contributed by atoms with Crippen LogP contribution in [-0.4, -0.2) is 68.8 Å². The van der Waals surface area contributed by atoms with Gasteiger partial charge in [-0.1, -0.05) is 0 Å². The molecule has 0 atom stereocenters. The third-order valence-corrected chi connectivity index (χ3v) is 5.61. The molecular weight excluding hydrogens is 455 g/mol. The standard InChI is InChI=1S/C20H27N4O8P/c1-13-16(4-3-14(22-13)8-12-31-33(27,28)29)23-19-18(30-2)17(5-9-21-19)32-15-6-10-24(11-7-15)20(25)26/h3-5,9,15H,6-8,10-12H2,1-2H3,(H,21,23)(H,25,26)(H2,27,28,29). The van der Waals surface area contributed by atoms with Crippen molar-refractivity contribution in [2.75, 3.05) is 32.1 Å². The highest BCUT2D eigenvalue weighted by Crippen LogP contribution is 2.37. The zero-order valence-corrected chi connectivity index (χ0v) is 19.2. The number of likely N-dealkylation sites (tertiary alicyclic amines) is 1. The van der Waals surface area contributed by atoms with E-state index in [0.29, 0.717) is 60.3 Å². The van der Waals surface area contributed by atoms with E-state index in [4.69, 9.17) is 24.4 Å². The Morgan fingerprint density at radius 2 is 2.00 bits per heavy atom. The van der Waals surface area contributed by atoms with Crippen LogP contribution >= 0.6 is 7.82 Å². The number of methoxy groups -OCH3 is 1. The molecule has 2 aromatic heterocycles. The number of aryl methyl sites for hydroxylation is 1. The molecule has 0 unspecified atom stereocenters. The number of phosphoric acid groups is 1. The highest BCUT2D eigenvalue weighted by atomic mass is 31.2. The summed E-state index contributed by atoms with van der Waals surface area (Å²) < 4.78 is 26.9. The van der Waals surface area contributed by atoms with Crippen LogP contribution in [0.3, 0.4) is 0 Å². The van der Waals surface area contributed by atoms with Gasteiger partial charge in [0.2, 0.25) is 5.75 Å². The van der Waals surface area contributed by atoms with Gasteiger partial charge in [-0.15, -0.1) is 0 Å². The van der Waals surface area contributed by atoms with Crippen molar-refractivity contribution in [1.82, 2.24) is 14.9 Å². The van der Waals surface area contributed by atoms with Gasteiger partial charge >= 0.3 is 13.9 Å². The second kappa shape index (κ2) is 10.8. The van der Waals surface area contributed by atoms with E-state index in [1.54, 1.807) is 31.3 Å². The SMILES string of the molecule is COc1c(OC2CCN(C(=O)O)CC2)ccnc1Nc1ccc(CCOP(=O)(O)O)nc1C. The Kier molecular flexibility index (Phi) is 8.09. The van der Waals surface area contributed by atoms with Crippen molar-refractivity contribution >= 4 is 25.4 Å². The van der Waals surface area contributed by atoms with Crippen LogP contribution in [-0.2, 0) is 15.5 Å². The predicted molar refractivity (Wildman–Crippen MR) is 118 cm³/mol. The third kappa shape index (κ3) is 7.03. The molecule has 0 spiro atoms. The van der Waals surface area contributed by atoms with Gasteiger partial charge in [-0.3, -0.25) is 9.51 Å². The number of pyridine rings is 2. The molecule has 1 amide bonds. The van der Waals surface area contributed by atoms with Gasteiger partial charge in [0.05, 0.1) is 25.1 Å². The van der Waals surface area contributed by atoms with Crippen molar-refractivity contribution in [3.8, 4) is 11.5 Å². The van der Waals surface area contributed by atoms with E-state index in [0.717, 1.165) is 0 Å². The van der Waals surface area contributed by atoms with Crippen molar-refractivity contribution in [3.05, 3.63) is 35.8 Å². The van der Waals surface area contributed by atoms with Gasteiger partial charge in [-0.05, 0) is 19.1 Å². The van der Waals surface area contributed by atoms with E-state index in [1.807, 2.05) is 0 Å². The molecule has 1 fully saturated rings. The van der Waals surface area contributed by atoms with E-state index in [2.05, 4.69) is 19.8 Å². The number of aromatic nitrogens is 2. The number of carboxylic acid groups (broad SMARTS) is 1. The fourth-order valence-corrected chi connectivity index (χ4v) is 3.76. The molecule has 0 saturated carbocycles. The Morgan fingerprint density at radius 3 is 2.61 bits per heavy atom. The molecule has 1 aliphatic rings. The monoisotopic (exact) mass is 482 g/mol. The second-order valence-corrected chi connectivity index (χ2v) is 8.65. The Hall–Kier alpha value is -2.92. The first-order chi connectivity index (χ1) is 15.7. The number of nitrogens with one attached hydrogen (secondary N) is 1. The van der Waals surface area contributed by atoms with Crippen LogP contribution < -0.4 is 14.8 Å². The Balaban J connectivity index is 1.67. The number of ether oxygens (including phenoxy) is 2. The largest absolute Gasteiger partial charge is 0.490 e. The van der Waals surface area contributed by atoms with Crippen molar-refractivity contribution in [2.24, 2.45) is 0 Å². The van der Waals surface area contributed by atoms with Crippen LogP contribution in [0.15, 0.2) is 24.4 Å². The van der Waals surface area contributed by atoms with Gasteiger partial charge in [-0.25, -0.2) is 14.3 Å². The molecule has 0 aliphatic carbocycles. The van der Waals surface area contributed by atoms with Crippen LogP contribution in [0.1, 0.15) is 24.2 Å². The molecule has 0 bridgehead atoms. The van der Waals surface area contributed by atoms with E-state index in [1.165, 1.54) is 12.0 Å². The minimum atomic E-state index is -4.51. The lowest BCUT2D eigenvalue weighted by atomic mass is 10.1. The second-order valence-electron chi connectivity index (χ2n) is 7.41. The minimum absolute atomic E-state index is 0.136. The lowest BCUT2D eigenvalue weighted by molar-refractivity contribution is 0.0878. The summed E-state index contributed by atoms with van der Waals surface area (Å²) in [6, 6.07) is 5.20. The topological polar surface area (TPSA) is 164 Å². The molecule has 1 saturated heterocycles. The zero-order valence-electron chi connectivity index (χ0n) is 18.3. The molecule has 12 nitrogen and oxygen atoms in total. The van der Waals surface area contributed by atoms with Crippen LogP contribution in [0, 0.1) is 6.92 Å².